The number of thiazole rings is 1. The summed E-state index contributed by atoms with van der Waals surface area (Å²) in [4.78, 5) is 21.6. The van der Waals surface area contributed by atoms with Gasteiger partial charge in [0.15, 0.2) is 0 Å². The molecule has 5 rings (SSSR count). The van der Waals surface area contributed by atoms with Gasteiger partial charge >= 0.3 is 5.95 Å². The number of aliphatic hydroxyl groups excluding tert-OH is 2. The fourth-order valence-corrected chi connectivity index (χ4v) is 5.98. The van der Waals surface area contributed by atoms with Gasteiger partial charge in [0.2, 0.25) is 5.82 Å². The van der Waals surface area contributed by atoms with E-state index in [4.69, 9.17) is 9.97 Å². The molecule has 6 N–H and O–H groups in total. The number of aryl methyl sites for hydroxylation is 3. The smallest absolute Gasteiger partial charge is 0.390 e. The number of aromatic amines is 1. The number of hydrogen-bond donors (Lipinski definition) is 5. The second kappa shape index (κ2) is 9.56. The Morgan fingerprint density at radius 3 is 2.43 bits per heavy atom. The second-order valence-electron chi connectivity index (χ2n) is 10.3. The molecule has 0 aromatic carbocycles. The summed E-state index contributed by atoms with van der Waals surface area (Å²) in [7, 11) is 0. The van der Waals surface area contributed by atoms with E-state index in [1.165, 1.54) is 11.3 Å². The molecule has 1 aliphatic carbocycles. The Labute approximate surface area is 218 Å². The summed E-state index contributed by atoms with van der Waals surface area (Å²) in [5, 5.41) is 39.4. The monoisotopic (exact) mass is 522 g/mol. The van der Waals surface area contributed by atoms with Crippen molar-refractivity contribution in [2.24, 2.45) is 5.92 Å². The van der Waals surface area contributed by atoms with Gasteiger partial charge in [-0.15, -0.1) is 11.3 Å². The van der Waals surface area contributed by atoms with Crippen molar-refractivity contribution in [2.45, 2.75) is 64.9 Å². The molecule has 0 unspecified atom stereocenters. The van der Waals surface area contributed by atoms with E-state index in [1.54, 1.807) is 20.0 Å². The Hall–Kier alpha value is -3.25. The lowest BCUT2D eigenvalue weighted by atomic mass is 9.88. The van der Waals surface area contributed by atoms with Crippen LogP contribution in [0.3, 0.4) is 0 Å². The highest BCUT2D eigenvalue weighted by atomic mass is 32.1. The molecule has 1 saturated carbocycles. The van der Waals surface area contributed by atoms with Crippen LogP contribution in [0.1, 0.15) is 37.4 Å². The number of H-pyrrole nitrogens is 1. The molecule has 10 nitrogen and oxygen atoms in total. The number of aliphatic hydroxyl groups is 3. The molecule has 1 fully saturated rings. The molecule has 0 saturated heterocycles. The molecular weight excluding hydrogens is 490 g/mol. The SMILES string of the molecule is Cc1cc(Nc2nc(N[C@@H]3C[C@H](C(C)(C)O)[C@@H](O)[C@H]3O)c(-c3nc4c(C)nccc4s3)c[nH+]2)cc(C)n1. The zero-order valence-corrected chi connectivity index (χ0v) is 22.3. The number of nitrogens with zero attached hydrogens (tertiary/aromatic N) is 4. The molecule has 4 aromatic rings. The Bertz CT molecular complexity index is 1430. The molecule has 194 valence electrons. The third-order valence-corrected chi connectivity index (χ3v) is 7.86. The molecule has 0 amide bonds. The quantitative estimate of drug-likeness (QED) is 0.257. The van der Waals surface area contributed by atoms with Gasteiger partial charge in [-0.2, -0.15) is 0 Å². The summed E-state index contributed by atoms with van der Waals surface area (Å²) in [5.41, 5.74) is 3.87. The zero-order chi connectivity index (χ0) is 26.5. The van der Waals surface area contributed by atoms with Crippen LogP contribution in [-0.4, -0.2) is 59.1 Å². The molecule has 4 heterocycles. The van der Waals surface area contributed by atoms with Crippen LogP contribution in [-0.2, 0) is 0 Å². The number of nitrogens with one attached hydrogen (secondary N) is 3. The third-order valence-electron chi connectivity index (χ3n) is 6.81. The highest BCUT2D eigenvalue weighted by Crippen LogP contribution is 2.39. The summed E-state index contributed by atoms with van der Waals surface area (Å²) in [6.45, 7) is 9.08. The zero-order valence-electron chi connectivity index (χ0n) is 21.4. The average molecular weight is 523 g/mol. The van der Waals surface area contributed by atoms with Gasteiger partial charge in [-0.3, -0.25) is 9.97 Å². The van der Waals surface area contributed by atoms with Gasteiger partial charge in [0, 0.05) is 23.5 Å². The summed E-state index contributed by atoms with van der Waals surface area (Å²) in [6.07, 6.45) is 1.83. The molecule has 37 heavy (non-hydrogen) atoms. The molecule has 0 spiro atoms. The van der Waals surface area contributed by atoms with E-state index in [2.05, 4.69) is 25.6 Å². The number of pyridine rings is 2. The first kappa shape index (κ1) is 25.4. The normalized spacial score (nSPS) is 21.9. The van der Waals surface area contributed by atoms with Crippen molar-refractivity contribution < 1.29 is 20.3 Å². The Morgan fingerprint density at radius 2 is 1.78 bits per heavy atom. The lowest BCUT2D eigenvalue weighted by Gasteiger charge is -2.28. The van der Waals surface area contributed by atoms with Crippen molar-refractivity contribution in [3.8, 4) is 10.6 Å². The number of hydrogen-bond acceptors (Lipinski definition) is 10. The Kier molecular flexibility index (Phi) is 6.57. The van der Waals surface area contributed by atoms with E-state index in [0.717, 1.165) is 43.6 Å². The number of rotatable bonds is 6. The fourth-order valence-electron chi connectivity index (χ4n) is 4.95. The number of fused-ring (bicyclic) bond motifs is 1. The van der Waals surface area contributed by atoms with Gasteiger partial charge in [0.05, 0.1) is 34.3 Å². The summed E-state index contributed by atoms with van der Waals surface area (Å²) in [5.74, 6) is 0.499. The fraction of sp³-hybridized carbons (Fsp3) is 0.423. The largest absolute Gasteiger partial charge is 0.396 e. The van der Waals surface area contributed by atoms with Gasteiger partial charge in [0.1, 0.15) is 27.9 Å². The average Bonchev–Trinajstić information content (AvgIpc) is 3.36. The second-order valence-corrected chi connectivity index (χ2v) is 11.3. The number of anilines is 3. The van der Waals surface area contributed by atoms with Gasteiger partial charge in [-0.05, 0) is 59.2 Å². The van der Waals surface area contributed by atoms with Crippen LogP contribution >= 0.6 is 11.3 Å². The van der Waals surface area contributed by atoms with Crippen LogP contribution < -0.4 is 15.6 Å². The minimum Gasteiger partial charge on any atom is -0.390 e. The summed E-state index contributed by atoms with van der Waals surface area (Å²) >= 11 is 1.52. The first-order chi connectivity index (χ1) is 17.5. The van der Waals surface area contributed by atoms with Crippen molar-refractivity contribution in [2.75, 3.05) is 10.6 Å². The number of aromatic nitrogens is 5. The predicted octanol–water partition coefficient (Wildman–Crippen LogP) is 2.92. The van der Waals surface area contributed by atoms with Crippen LogP contribution in [0, 0.1) is 26.7 Å². The Balaban J connectivity index is 1.54. The topological polar surface area (TPSA) is 150 Å². The molecule has 4 aromatic heterocycles. The first-order valence-corrected chi connectivity index (χ1v) is 13.0. The molecular formula is C26H32N7O3S+. The van der Waals surface area contributed by atoms with Gasteiger partial charge < -0.3 is 20.6 Å². The van der Waals surface area contributed by atoms with Gasteiger partial charge in [-0.1, -0.05) is 4.98 Å². The van der Waals surface area contributed by atoms with Crippen molar-refractivity contribution in [3.05, 3.63) is 47.7 Å². The predicted molar refractivity (Wildman–Crippen MR) is 143 cm³/mol. The minimum atomic E-state index is -1.14. The molecule has 0 aliphatic heterocycles. The van der Waals surface area contributed by atoms with E-state index < -0.39 is 29.8 Å². The van der Waals surface area contributed by atoms with Crippen LogP contribution in [0.15, 0.2) is 30.6 Å². The maximum absolute atomic E-state index is 10.8. The van der Waals surface area contributed by atoms with Gasteiger partial charge in [0.25, 0.3) is 0 Å². The lowest BCUT2D eigenvalue weighted by molar-refractivity contribution is -0.363. The Morgan fingerprint density at radius 1 is 1.05 bits per heavy atom. The minimum absolute atomic E-state index is 0.375. The molecule has 11 heteroatoms. The molecule has 0 bridgehead atoms. The van der Waals surface area contributed by atoms with Gasteiger partial charge in [-0.25, -0.2) is 15.3 Å². The maximum Gasteiger partial charge on any atom is 0.396 e. The van der Waals surface area contributed by atoms with E-state index in [0.29, 0.717) is 18.2 Å². The van der Waals surface area contributed by atoms with E-state index in [1.807, 2.05) is 45.2 Å². The standard InChI is InChI=1S/C26H31N7O3S/c1-12-8-15(9-13(2)29-12)30-25-28-11-16(24-32-20-14(3)27-7-6-19(20)37-24)23(33-25)31-18-10-17(26(4,5)36)21(34)22(18)35/h6-9,11,17-18,21-22,34-36H,10H2,1-5H3,(H2,28,29,30,31,33)/p+1/t17-,18+,21+,22-/m0/s1. The molecule has 4 atom stereocenters. The summed E-state index contributed by atoms with van der Waals surface area (Å²) < 4.78 is 1.01. The van der Waals surface area contributed by atoms with Crippen LogP contribution in [0.2, 0.25) is 0 Å². The van der Waals surface area contributed by atoms with Crippen LogP contribution in [0.5, 0.6) is 0 Å². The molecule has 0 radical (unpaired) electrons. The van der Waals surface area contributed by atoms with Crippen LogP contribution in [0.4, 0.5) is 17.5 Å². The molecule has 1 aliphatic rings. The summed E-state index contributed by atoms with van der Waals surface area (Å²) in [6, 6.07) is 5.27. The van der Waals surface area contributed by atoms with Crippen molar-refractivity contribution in [3.63, 3.8) is 0 Å². The lowest BCUT2D eigenvalue weighted by Crippen LogP contribution is -2.40. The van der Waals surface area contributed by atoms with E-state index in [-0.39, 0.29) is 0 Å². The van der Waals surface area contributed by atoms with Crippen molar-refractivity contribution >= 4 is 39.0 Å². The third kappa shape index (κ3) is 5.12. The van der Waals surface area contributed by atoms with E-state index >= 15 is 0 Å². The first-order valence-electron chi connectivity index (χ1n) is 12.2. The van der Waals surface area contributed by atoms with Crippen molar-refractivity contribution in [1.82, 2.24) is 19.9 Å². The van der Waals surface area contributed by atoms with Crippen molar-refractivity contribution in [1.29, 1.82) is 0 Å². The van der Waals surface area contributed by atoms with E-state index in [9.17, 15) is 15.3 Å². The highest BCUT2D eigenvalue weighted by Gasteiger charge is 2.48. The maximum atomic E-state index is 10.8. The highest BCUT2D eigenvalue weighted by molar-refractivity contribution is 7.21. The van der Waals surface area contributed by atoms with Crippen LogP contribution in [0.25, 0.3) is 20.8 Å².